The van der Waals surface area contributed by atoms with Crippen LogP contribution in [0.2, 0.25) is 0 Å². The van der Waals surface area contributed by atoms with Crippen molar-refractivity contribution in [1.82, 2.24) is 9.88 Å². The van der Waals surface area contributed by atoms with Crippen molar-refractivity contribution in [3.8, 4) is 0 Å². The molecular weight excluding hydrogens is 300 g/mol. The molecule has 1 saturated heterocycles. The van der Waals surface area contributed by atoms with Crippen molar-refractivity contribution >= 4 is 17.4 Å². The Bertz CT molecular complexity index is 691. The number of carbonyl (C=O) groups excluding carboxylic acids is 1. The molecule has 5 heteroatoms. The lowest BCUT2D eigenvalue weighted by Gasteiger charge is -2.15. The van der Waals surface area contributed by atoms with Crippen LogP contribution in [-0.4, -0.2) is 43.0 Å². The fourth-order valence-electron chi connectivity index (χ4n) is 2.93. The van der Waals surface area contributed by atoms with Crippen molar-refractivity contribution in [2.45, 2.75) is 19.4 Å². The zero-order chi connectivity index (χ0) is 16.9. The second-order valence-electron chi connectivity index (χ2n) is 6.44. The molecule has 0 radical (unpaired) electrons. The van der Waals surface area contributed by atoms with Gasteiger partial charge in [-0.05, 0) is 55.8 Å². The first-order chi connectivity index (χ1) is 11.6. The van der Waals surface area contributed by atoms with Gasteiger partial charge in [-0.25, -0.2) is 4.98 Å². The van der Waals surface area contributed by atoms with Gasteiger partial charge in [0.25, 0.3) is 5.91 Å². The average Bonchev–Trinajstić information content (AvgIpc) is 3.08. The lowest BCUT2D eigenvalue weighted by atomic mass is 10.2. The minimum Gasteiger partial charge on any atom is -0.363 e. The van der Waals surface area contributed by atoms with Gasteiger partial charge in [-0.2, -0.15) is 0 Å². The van der Waals surface area contributed by atoms with E-state index in [4.69, 9.17) is 0 Å². The first-order valence-corrected chi connectivity index (χ1v) is 8.38. The maximum Gasteiger partial charge on any atom is 0.257 e. The quantitative estimate of drug-likeness (QED) is 0.918. The number of amides is 1. The number of nitrogens with one attached hydrogen (secondary N) is 1. The Labute approximate surface area is 143 Å². The van der Waals surface area contributed by atoms with Gasteiger partial charge in [0.15, 0.2) is 0 Å². The van der Waals surface area contributed by atoms with Gasteiger partial charge in [-0.15, -0.1) is 0 Å². The highest BCUT2D eigenvalue weighted by atomic mass is 16.1. The fraction of sp³-hybridized carbons (Fsp3) is 0.368. The van der Waals surface area contributed by atoms with Crippen LogP contribution in [0.4, 0.5) is 11.5 Å². The summed E-state index contributed by atoms with van der Waals surface area (Å²) in [6, 6.07) is 11.7. The van der Waals surface area contributed by atoms with Crippen molar-refractivity contribution in [2.24, 2.45) is 0 Å². The molecule has 0 spiro atoms. The number of carbonyl (C=O) groups is 1. The Hall–Kier alpha value is -2.40. The minimum absolute atomic E-state index is 0.133. The van der Waals surface area contributed by atoms with Gasteiger partial charge in [0, 0.05) is 32.5 Å². The first-order valence-electron chi connectivity index (χ1n) is 8.38. The largest absolute Gasteiger partial charge is 0.363 e. The van der Waals surface area contributed by atoms with Crippen molar-refractivity contribution in [2.75, 3.05) is 37.4 Å². The van der Waals surface area contributed by atoms with E-state index in [-0.39, 0.29) is 5.91 Å². The normalized spacial score (nSPS) is 14.6. The third kappa shape index (κ3) is 4.11. The van der Waals surface area contributed by atoms with Crippen LogP contribution in [0.5, 0.6) is 0 Å². The third-order valence-corrected chi connectivity index (χ3v) is 4.26. The van der Waals surface area contributed by atoms with Crippen LogP contribution in [0.15, 0.2) is 42.6 Å². The number of benzene rings is 1. The number of hydrogen-bond donors (Lipinski definition) is 1. The van der Waals surface area contributed by atoms with E-state index in [2.05, 4.69) is 27.3 Å². The molecule has 3 rings (SSSR count). The second kappa shape index (κ2) is 7.45. The van der Waals surface area contributed by atoms with E-state index in [1.807, 2.05) is 37.2 Å². The minimum atomic E-state index is -0.133. The number of anilines is 2. The molecule has 1 aliphatic rings. The van der Waals surface area contributed by atoms with Gasteiger partial charge in [-0.3, -0.25) is 9.69 Å². The molecule has 2 aromatic rings. The molecular formula is C19H24N4O. The Morgan fingerprint density at radius 3 is 2.67 bits per heavy atom. The van der Waals surface area contributed by atoms with E-state index in [1.165, 1.54) is 31.5 Å². The number of aromatic nitrogens is 1. The van der Waals surface area contributed by atoms with Gasteiger partial charge in [0.05, 0.1) is 5.56 Å². The number of pyridine rings is 1. The predicted octanol–water partition coefficient (Wildman–Crippen LogP) is 3.00. The summed E-state index contributed by atoms with van der Waals surface area (Å²) in [5.74, 6) is 0.699. The number of hydrogen-bond acceptors (Lipinski definition) is 4. The van der Waals surface area contributed by atoms with Crippen molar-refractivity contribution < 1.29 is 4.79 Å². The molecule has 0 atom stereocenters. The summed E-state index contributed by atoms with van der Waals surface area (Å²) in [6.07, 6.45) is 4.18. The Morgan fingerprint density at radius 1 is 1.21 bits per heavy atom. The van der Waals surface area contributed by atoms with Crippen LogP contribution in [-0.2, 0) is 6.54 Å². The third-order valence-electron chi connectivity index (χ3n) is 4.26. The molecule has 1 aromatic carbocycles. The zero-order valence-electron chi connectivity index (χ0n) is 14.3. The summed E-state index contributed by atoms with van der Waals surface area (Å²) in [5, 5.41) is 2.96. The molecule has 0 saturated carbocycles. The molecule has 0 aliphatic carbocycles. The maximum absolute atomic E-state index is 12.4. The van der Waals surface area contributed by atoms with Crippen LogP contribution >= 0.6 is 0 Å². The fourth-order valence-corrected chi connectivity index (χ4v) is 2.93. The molecule has 126 valence electrons. The summed E-state index contributed by atoms with van der Waals surface area (Å²) >= 11 is 0. The van der Waals surface area contributed by atoms with Crippen LogP contribution in [0, 0.1) is 0 Å². The van der Waals surface area contributed by atoms with Crippen molar-refractivity contribution in [3.05, 3.63) is 53.7 Å². The molecule has 1 fully saturated rings. The summed E-state index contributed by atoms with van der Waals surface area (Å²) in [4.78, 5) is 21.0. The molecule has 0 unspecified atom stereocenters. The van der Waals surface area contributed by atoms with Gasteiger partial charge in [0.1, 0.15) is 5.82 Å². The zero-order valence-corrected chi connectivity index (χ0v) is 14.3. The lowest BCUT2D eigenvalue weighted by Crippen LogP contribution is -2.18. The second-order valence-corrected chi connectivity index (χ2v) is 6.44. The monoisotopic (exact) mass is 324 g/mol. The highest BCUT2D eigenvalue weighted by Gasteiger charge is 2.12. The molecule has 1 amide bonds. The van der Waals surface area contributed by atoms with Crippen LogP contribution in [0.3, 0.4) is 0 Å². The smallest absolute Gasteiger partial charge is 0.257 e. The van der Waals surface area contributed by atoms with E-state index in [1.54, 1.807) is 12.3 Å². The molecule has 2 heterocycles. The first kappa shape index (κ1) is 16.5. The Kier molecular flexibility index (Phi) is 5.11. The Balaban J connectivity index is 1.65. The summed E-state index contributed by atoms with van der Waals surface area (Å²) in [5.41, 5.74) is 2.62. The van der Waals surface area contributed by atoms with Gasteiger partial charge in [-0.1, -0.05) is 12.1 Å². The van der Waals surface area contributed by atoms with E-state index < -0.39 is 0 Å². The maximum atomic E-state index is 12.4. The number of rotatable bonds is 5. The van der Waals surface area contributed by atoms with E-state index in [0.717, 1.165) is 18.1 Å². The summed E-state index contributed by atoms with van der Waals surface area (Å²) in [7, 11) is 3.85. The number of likely N-dealkylation sites (tertiary alicyclic amines) is 1. The average molecular weight is 324 g/mol. The van der Waals surface area contributed by atoms with E-state index in [0.29, 0.717) is 5.56 Å². The summed E-state index contributed by atoms with van der Waals surface area (Å²) < 4.78 is 0. The SMILES string of the molecule is CN(C)c1ccc(C(=O)Nc2cccc(CN3CCCC3)c2)cn1. The summed E-state index contributed by atoms with van der Waals surface area (Å²) in [6.45, 7) is 3.28. The lowest BCUT2D eigenvalue weighted by molar-refractivity contribution is 0.102. The molecule has 5 nitrogen and oxygen atoms in total. The highest BCUT2D eigenvalue weighted by molar-refractivity contribution is 6.04. The molecule has 24 heavy (non-hydrogen) atoms. The van der Waals surface area contributed by atoms with Gasteiger partial charge in [0.2, 0.25) is 0 Å². The topological polar surface area (TPSA) is 48.5 Å². The van der Waals surface area contributed by atoms with Crippen molar-refractivity contribution in [1.29, 1.82) is 0 Å². The van der Waals surface area contributed by atoms with Gasteiger partial charge >= 0.3 is 0 Å². The predicted molar refractivity (Wildman–Crippen MR) is 97.5 cm³/mol. The standard InChI is InChI=1S/C19H24N4O/c1-22(2)18-9-8-16(13-20-18)19(24)21-17-7-5-6-15(12-17)14-23-10-3-4-11-23/h5-9,12-13H,3-4,10-11,14H2,1-2H3,(H,21,24). The molecule has 1 aliphatic heterocycles. The van der Waals surface area contributed by atoms with E-state index >= 15 is 0 Å². The van der Waals surface area contributed by atoms with Crippen LogP contribution < -0.4 is 10.2 Å². The molecule has 1 N–H and O–H groups in total. The van der Waals surface area contributed by atoms with Crippen LogP contribution in [0.25, 0.3) is 0 Å². The Morgan fingerprint density at radius 2 is 2.00 bits per heavy atom. The molecule has 1 aromatic heterocycles. The number of nitrogens with zero attached hydrogens (tertiary/aromatic N) is 3. The van der Waals surface area contributed by atoms with Crippen LogP contribution in [0.1, 0.15) is 28.8 Å². The van der Waals surface area contributed by atoms with Gasteiger partial charge < -0.3 is 10.2 Å². The van der Waals surface area contributed by atoms with Crippen molar-refractivity contribution in [3.63, 3.8) is 0 Å². The van der Waals surface area contributed by atoms with E-state index in [9.17, 15) is 4.79 Å². The highest BCUT2D eigenvalue weighted by Crippen LogP contribution is 2.17. The molecule has 0 bridgehead atoms.